The largest absolute Gasteiger partial charge is 0.469 e. The Balaban J connectivity index is 2.10. The fraction of sp³-hybridized carbons (Fsp3) is 0.375. The molecule has 0 spiro atoms. The highest BCUT2D eigenvalue weighted by Crippen LogP contribution is 2.18. The molecular formula is C16H21NO4S. The van der Waals surface area contributed by atoms with Gasteiger partial charge in [-0.15, -0.1) is 0 Å². The first-order valence-corrected chi connectivity index (χ1v) is 8.50. The van der Waals surface area contributed by atoms with Gasteiger partial charge in [0.1, 0.15) is 5.76 Å². The summed E-state index contributed by atoms with van der Waals surface area (Å²) in [4.78, 5) is 0.237. The van der Waals surface area contributed by atoms with Crippen molar-refractivity contribution in [3.63, 3.8) is 0 Å². The SMILES string of the molecule is Cc1ccc(C)c(S(=O)(=O)NCC(C)(O)Cc2ccco2)c1. The summed E-state index contributed by atoms with van der Waals surface area (Å²) in [5.74, 6) is 0.607. The van der Waals surface area contributed by atoms with Crippen LogP contribution in [0.25, 0.3) is 0 Å². The van der Waals surface area contributed by atoms with Gasteiger partial charge in [-0.3, -0.25) is 0 Å². The second-order valence-electron chi connectivity index (χ2n) is 5.85. The Labute approximate surface area is 131 Å². The molecule has 1 unspecified atom stereocenters. The van der Waals surface area contributed by atoms with E-state index in [0.717, 1.165) is 5.56 Å². The summed E-state index contributed by atoms with van der Waals surface area (Å²) in [7, 11) is -3.67. The number of rotatable bonds is 6. The monoisotopic (exact) mass is 323 g/mol. The number of hydrogen-bond donors (Lipinski definition) is 2. The maximum atomic E-state index is 12.4. The van der Waals surface area contributed by atoms with E-state index in [2.05, 4.69) is 4.72 Å². The zero-order valence-electron chi connectivity index (χ0n) is 13.0. The number of sulfonamides is 1. The van der Waals surface area contributed by atoms with Crippen molar-refractivity contribution in [2.75, 3.05) is 6.54 Å². The predicted molar refractivity (Wildman–Crippen MR) is 84.1 cm³/mol. The van der Waals surface area contributed by atoms with E-state index in [4.69, 9.17) is 4.42 Å². The van der Waals surface area contributed by atoms with Gasteiger partial charge in [0.25, 0.3) is 0 Å². The van der Waals surface area contributed by atoms with E-state index in [1.807, 2.05) is 13.0 Å². The van der Waals surface area contributed by atoms with Crippen molar-refractivity contribution >= 4 is 10.0 Å². The van der Waals surface area contributed by atoms with Crippen LogP contribution in [0.1, 0.15) is 23.8 Å². The fourth-order valence-electron chi connectivity index (χ4n) is 2.18. The van der Waals surface area contributed by atoms with Gasteiger partial charge in [0.05, 0.1) is 16.8 Å². The van der Waals surface area contributed by atoms with E-state index in [-0.39, 0.29) is 17.9 Å². The van der Waals surface area contributed by atoms with Crippen molar-refractivity contribution in [1.82, 2.24) is 4.72 Å². The number of furan rings is 1. The second-order valence-corrected chi connectivity index (χ2v) is 7.58. The Morgan fingerprint density at radius 3 is 2.64 bits per heavy atom. The molecule has 0 amide bonds. The molecule has 0 fully saturated rings. The molecule has 0 bridgehead atoms. The molecule has 0 aliphatic rings. The van der Waals surface area contributed by atoms with Gasteiger partial charge in [-0.1, -0.05) is 12.1 Å². The molecule has 2 rings (SSSR count). The van der Waals surface area contributed by atoms with E-state index in [1.165, 1.54) is 6.26 Å². The summed E-state index contributed by atoms with van der Waals surface area (Å²) in [6, 6.07) is 8.73. The minimum Gasteiger partial charge on any atom is -0.469 e. The molecule has 22 heavy (non-hydrogen) atoms. The molecule has 5 nitrogen and oxygen atoms in total. The molecule has 0 aliphatic heterocycles. The van der Waals surface area contributed by atoms with Crippen LogP contribution in [0.15, 0.2) is 45.9 Å². The fourth-order valence-corrected chi connectivity index (χ4v) is 3.67. The van der Waals surface area contributed by atoms with Crippen LogP contribution >= 0.6 is 0 Å². The van der Waals surface area contributed by atoms with E-state index in [9.17, 15) is 13.5 Å². The first-order chi connectivity index (χ1) is 10.2. The van der Waals surface area contributed by atoms with Gasteiger partial charge in [-0.05, 0) is 50.1 Å². The summed E-state index contributed by atoms with van der Waals surface area (Å²) in [5, 5.41) is 10.3. The molecule has 2 N–H and O–H groups in total. The Hall–Kier alpha value is -1.63. The zero-order chi connectivity index (χ0) is 16.4. The third kappa shape index (κ3) is 4.19. The van der Waals surface area contributed by atoms with Gasteiger partial charge < -0.3 is 9.52 Å². The first kappa shape index (κ1) is 16.7. The van der Waals surface area contributed by atoms with E-state index >= 15 is 0 Å². The standard InChI is InChI=1S/C16H21NO4S/c1-12-6-7-13(2)15(9-12)22(19,20)17-11-16(3,18)10-14-5-4-8-21-14/h4-9,17-18H,10-11H2,1-3H3. The Morgan fingerprint density at radius 2 is 2.00 bits per heavy atom. The van der Waals surface area contributed by atoms with Crippen LogP contribution in [0.5, 0.6) is 0 Å². The van der Waals surface area contributed by atoms with Crippen LogP contribution in [0.2, 0.25) is 0 Å². The van der Waals surface area contributed by atoms with Crippen molar-refractivity contribution < 1.29 is 17.9 Å². The Bertz CT molecular complexity index is 734. The molecule has 0 saturated heterocycles. The lowest BCUT2D eigenvalue weighted by molar-refractivity contribution is 0.0603. The molecule has 0 saturated carbocycles. The highest BCUT2D eigenvalue weighted by Gasteiger charge is 2.26. The Kier molecular flexibility index (Phi) is 4.75. The van der Waals surface area contributed by atoms with Gasteiger partial charge in [0, 0.05) is 13.0 Å². The minimum atomic E-state index is -3.67. The van der Waals surface area contributed by atoms with Gasteiger partial charge >= 0.3 is 0 Å². The molecule has 1 heterocycles. The quantitative estimate of drug-likeness (QED) is 0.854. The predicted octanol–water partition coefficient (Wildman–Crippen LogP) is 2.17. The number of aryl methyl sites for hydroxylation is 2. The van der Waals surface area contributed by atoms with Crippen molar-refractivity contribution in [1.29, 1.82) is 0 Å². The van der Waals surface area contributed by atoms with E-state index in [1.54, 1.807) is 38.1 Å². The lowest BCUT2D eigenvalue weighted by Gasteiger charge is -2.23. The summed E-state index contributed by atoms with van der Waals surface area (Å²) in [6.07, 6.45) is 1.75. The smallest absolute Gasteiger partial charge is 0.240 e. The molecule has 0 aliphatic carbocycles. The van der Waals surface area contributed by atoms with Crippen molar-refractivity contribution in [3.05, 3.63) is 53.5 Å². The maximum absolute atomic E-state index is 12.4. The molecule has 0 radical (unpaired) electrons. The van der Waals surface area contributed by atoms with Gasteiger partial charge in [0.15, 0.2) is 0 Å². The van der Waals surface area contributed by atoms with Crippen LogP contribution < -0.4 is 4.72 Å². The second kappa shape index (κ2) is 6.24. The van der Waals surface area contributed by atoms with Crippen molar-refractivity contribution in [2.24, 2.45) is 0 Å². The number of aliphatic hydroxyl groups is 1. The summed E-state index contributed by atoms with van der Waals surface area (Å²) >= 11 is 0. The number of nitrogens with one attached hydrogen (secondary N) is 1. The molecule has 1 aromatic heterocycles. The molecule has 120 valence electrons. The van der Waals surface area contributed by atoms with E-state index in [0.29, 0.717) is 11.3 Å². The van der Waals surface area contributed by atoms with Crippen LogP contribution in [0.3, 0.4) is 0 Å². The highest BCUT2D eigenvalue weighted by molar-refractivity contribution is 7.89. The van der Waals surface area contributed by atoms with Gasteiger partial charge in [0.2, 0.25) is 10.0 Å². The van der Waals surface area contributed by atoms with Crippen molar-refractivity contribution in [2.45, 2.75) is 37.7 Å². The molecular weight excluding hydrogens is 302 g/mol. The normalized spacial score (nSPS) is 14.7. The molecule has 1 atom stereocenters. The highest BCUT2D eigenvalue weighted by atomic mass is 32.2. The van der Waals surface area contributed by atoms with Crippen LogP contribution in [0, 0.1) is 13.8 Å². The minimum absolute atomic E-state index is 0.0938. The summed E-state index contributed by atoms with van der Waals surface area (Å²) in [6.45, 7) is 5.06. The molecule has 1 aromatic carbocycles. The third-order valence-electron chi connectivity index (χ3n) is 3.41. The topological polar surface area (TPSA) is 79.5 Å². The lowest BCUT2D eigenvalue weighted by Crippen LogP contribution is -2.42. The third-order valence-corrected chi connectivity index (χ3v) is 4.95. The first-order valence-electron chi connectivity index (χ1n) is 7.01. The Morgan fingerprint density at radius 1 is 1.27 bits per heavy atom. The summed E-state index contributed by atoms with van der Waals surface area (Å²) < 4.78 is 32.5. The lowest BCUT2D eigenvalue weighted by atomic mass is 10.0. The van der Waals surface area contributed by atoms with Crippen LogP contribution in [0.4, 0.5) is 0 Å². The van der Waals surface area contributed by atoms with Crippen LogP contribution in [-0.2, 0) is 16.4 Å². The number of hydrogen-bond acceptors (Lipinski definition) is 4. The van der Waals surface area contributed by atoms with Gasteiger partial charge in [-0.25, -0.2) is 13.1 Å². The number of benzene rings is 1. The molecule has 2 aromatic rings. The average molecular weight is 323 g/mol. The molecule has 6 heteroatoms. The van der Waals surface area contributed by atoms with Gasteiger partial charge in [-0.2, -0.15) is 0 Å². The van der Waals surface area contributed by atoms with E-state index < -0.39 is 15.6 Å². The van der Waals surface area contributed by atoms with Crippen molar-refractivity contribution in [3.8, 4) is 0 Å². The van der Waals surface area contributed by atoms with Crippen LogP contribution in [-0.4, -0.2) is 25.7 Å². The maximum Gasteiger partial charge on any atom is 0.240 e. The summed E-state index contributed by atoms with van der Waals surface area (Å²) in [5.41, 5.74) is 0.306. The average Bonchev–Trinajstić information content (AvgIpc) is 2.91. The zero-order valence-corrected chi connectivity index (χ0v) is 13.8.